The van der Waals surface area contributed by atoms with E-state index in [4.69, 9.17) is 31.6 Å². The van der Waals surface area contributed by atoms with Crippen LogP contribution in [0.15, 0.2) is 66.9 Å². The molecule has 3 heterocycles. The molecule has 1 aliphatic heterocycles. The van der Waals surface area contributed by atoms with Gasteiger partial charge in [0, 0.05) is 29.1 Å². The normalized spacial score (nSPS) is 15.0. The molecular weight excluding hydrogens is 530 g/mol. The first-order valence-electron chi connectivity index (χ1n) is 14.1. The summed E-state index contributed by atoms with van der Waals surface area (Å²) in [5.74, 6) is 0.731. The molecule has 9 nitrogen and oxygen atoms in total. The fourth-order valence-electron chi connectivity index (χ4n) is 5.57. The van der Waals surface area contributed by atoms with Gasteiger partial charge in [-0.2, -0.15) is 5.10 Å². The Morgan fingerprint density at radius 3 is 2.81 bits per heavy atom. The van der Waals surface area contributed by atoms with Crippen molar-refractivity contribution in [2.45, 2.75) is 45.4 Å². The van der Waals surface area contributed by atoms with Crippen LogP contribution >= 0.6 is 0 Å². The monoisotopic (exact) mass is 561 g/mol. The number of anilines is 1. The van der Waals surface area contributed by atoms with Crippen molar-refractivity contribution < 1.29 is 19.0 Å². The van der Waals surface area contributed by atoms with E-state index in [0.717, 1.165) is 57.6 Å². The van der Waals surface area contributed by atoms with E-state index in [1.807, 2.05) is 59.3 Å². The Morgan fingerprint density at radius 1 is 1.12 bits per heavy atom. The number of para-hydroxylation sites is 1. The van der Waals surface area contributed by atoms with E-state index in [1.165, 1.54) is 0 Å². The van der Waals surface area contributed by atoms with E-state index >= 15 is 0 Å². The molecule has 1 fully saturated rings. The van der Waals surface area contributed by atoms with E-state index in [9.17, 15) is 4.79 Å². The second-order valence-electron chi connectivity index (χ2n) is 10.2. The maximum Gasteiger partial charge on any atom is 0.310 e. The van der Waals surface area contributed by atoms with Gasteiger partial charge in [-0.15, -0.1) is 0 Å². The molecule has 0 aliphatic carbocycles. The van der Waals surface area contributed by atoms with Gasteiger partial charge in [-0.3, -0.25) is 4.79 Å². The van der Waals surface area contributed by atoms with Gasteiger partial charge in [0.1, 0.15) is 30.1 Å². The highest BCUT2D eigenvalue weighted by Crippen LogP contribution is 2.40. The molecule has 2 N–H and O–H groups in total. The summed E-state index contributed by atoms with van der Waals surface area (Å²) >= 11 is 0. The molecule has 1 aliphatic rings. The summed E-state index contributed by atoms with van der Waals surface area (Å²) in [6.07, 6.45) is 4.38. The Bertz CT molecular complexity index is 1820. The maximum atomic E-state index is 12.2. The number of rotatable bonds is 8. The first-order valence-corrected chi connectivity index (χ1v) is 14.1. The molecule has 9 heteroatoms. The number of pyridine rings is 1. The van der Waals surface area contributed by atoms with Crippen molar-refractivity contribution in [1.29, 1.82) is 0 Å². The molecular formula is C33H31N5O4. The van der Waals surface area contributed by atoms with Crippen LogP contribution < -0.4 is 10.5 Å². The summed E-state index contributed by atoms with van der Waals surface area (Å²) in [5, 5.41) is 7.59. The Labute approximate surface area is 243 Å². The van der Waals surface area contributed by atoms with Crippen molar-refractivity contribution in [2.75, 3.05) is 18.9 Å². The highest BCUT2D eigenvalue weighted by molar-refractivity contribution is 6.05. The number of carbonyl (C=O) groups is 1. The van der Waals surface area contributed by atoms with E-state index in [0.29, 0.717) is 36.2 Å². The van der Waals surface area contributed by atoms with Gasteiger partial charge in [0.25, 0.3) is 0 Å². The molecule has 212 valence electrons. The Balaban J connectivity index is 1.46. The Kier molecular flexibility index (Phi) is 7.71. The highest BCUT2D eigenvalue weighted by atomic mass is 16.5. The minimum absolute atomic E-state index is 0.111. The summed E-state index contributed by atoms with van der Waals surface area (Å²) in [7, 11) is 0. The van der Waals surface area contributed by atoms with Crippen molar-refractivity contribution in [3.63, 3.8) is 0 Å². The average Bonchev–Trinajstić information content (AvgIpc) is 3.39. The number of carbonyl (C=O) groups excluding carboxylic acids is 1. The molecule has 3 aromatic carbocycles. The van der Waals surface area contributed by atoms with Crippen LogP contribution in [0.3, 0.4) is 0 Å². The highest BCUT2D eigenvalue weighted by Gasteiger charge is 2.25. The zero-order valence-corrected chi connectivity index (χ0v) is 23.4. The van der Waals surface area contributed by atoms with Crippen LogP contribution in [0.5, 0.6) is 5.75 Å². The van der Waals surface area contributed by atoms with Gasteiger partial charge < -0.3 is 19.9 Å². The molecule has 0 amide bonds. The van der Waals surface area contributed by atoms with Crippen LogP contribution in [0.1, 0.15) is 43.7 Å². The van der Waals surface area contributed by atoms with Crippen LogP contribution in [-0.4, -0.2) is 33.9 Å². The number of fused-ring (bicyclic) bond motifs is 2. The minimum atomic E-state index is -0.310. The fourth-order valence-corrected chi connectivity index (χ4v) is 5.57. The topological polar surface area (TPSA) is 106 Å². The van der Waals surface area contributed by atoms with Gasteiger partial charge in [0.2, 0.25) is 5.69 Å². The van der Waals surface area contributed by atoms with Crippen LogP contribution in [-0.2, 0) is 27.3 Å². The summed E-state index contributed by atoms with van der Waals surface area (Å²) in [4.78, 5) is 20.4. The Morgan fingerprint density at radius 2 is 2.00 bits per heavy atom. The molecule has 0 saturated carbocycles. The zero-order chi connectivity index (χ0) is 29.1. The smallest absolute Gasteiger partial charge is 0.310 e. The Hall–Kier alpha value is -4.94. The van der Waals surface area contributed by atoms with Gasteiger partial charge >= 0.3 is 5.97 Å². The van der Waals surface area contributed by atoms with Crippen molar-refractivity contribution >= 4 is 39.1 Å². The van der Waals surface area contributed by atoms with Gasteiger partial charge in [0.05, 0.1) is 25.1 Å². The lowest BCUT2D eigenvalue weighted by molar-refractivity contribution is -0.142. The number of benzene rings is 3. The summed E-state index contributed by atoms with van der Waals surface area (Å²) in [6, 6.07) is 19.2. The summed E-state index contributed by atoms with van der Waals surface area (Å²) in [6.45, 7) is 11.0. The van der Waals surface area contributed by atoms with E-state index in [2.05, 4.69) is 15.9 Å². The van der Waals surface area contributed by atoms with E-state index in [1.54, 1.807) is 13.1 Å². The van der Waals surface area contributed by atoms with Gasteiger partial charge in [-0.05, 0) is 67.0 Å². The maximum absolute atomic E-state index is 12.2. The van der Waals surface area contributed by atoms with E-state index in [-0.39, 0.29) is 25.2 Å². The summed E-state index contributed by atoms with van der Waals surface area (Å²) in [5.41, 5.74) is 10.6. The average molecular weight is 562 g/mol. The number of hydrogen-bond acceptors (Lipinski definition) is 7. The summed E-state index contributed by atoms with van der Waals surface area (Å²) < 4.78 is 19.4. The number of nitrogens with zero attached hydrogens (tertiary/aromatic N) is 4. The molecule has 1 atom stereocenters. The number of hydrogen-bond donors (Lipinski definition) is 1. The molecule has 0 radical (unpaired) electrons. The molecule has 1 unspecified atom stereocenters. The number of ether oxygens (including phenoxy) is 3. The third kappa shape index (κ3) is 5.24. The number of esters is 1. The first-order chi connectivity index (χ1) is 20.6. The van der Waals surface area contributed by atoms with Gasteiger partial charge in [-0.25, -0.2) is 14.5 Å². The number of nitrogen functional groups attached to an aromatic ring is 1. The van der Waals surface area contributed by atoms with Crippen LogP contribution in [0.2, 0.25) is 0 Å². The molecule has 0 bridgehead atoms. The molecule has 42 heavy (non-hydrogen) atoms. The molecule has 5 aromatic rings. The van der Waals surface area contributed by atoms with Crippen LogP contribution in [0.4, 0.5) is 11.5 Å². The number of aromatic nitrogens is 3. The van der Waals surface area contributed by atoms with Gasteiger partial charge in [-0.1, -0.05) is 36.4 Å². The quantitative estimate of drug-likeness (QED) is 0.165. The predicted molar refractivity (Wildman–Crippen MR) is 161 cm³/mol. The second kappa shape index (κ2) is 11.9. The van der Waals surface area contributed by atoms with Crippen molar-refractivity contribution in [2.24, 2.45) is 0 Å². The molecule has 2 aromatic heterocycles. The number of nitrogens with two attached hydrogens (primary N) is 1. The first kappa shape index (κ1) is 27.2. The lowest BCUT2D eigenvalue weighted by Gasteiger charge is -2.24. The minimum Gasteiger partial charge on any atom is -0.487 e. The third-order valence-corrected chi connectivity index (χ3v) is 7.53. The van der Waals surface area contributed by atoms with Crippen molar-refractivity contribution in [3.05, 3.63) is 89.5 Å². The van der Waals surface area contributed by atoms with Crippen molar-refractivity contribution in [1.82, 2.24) is 14.8 Å². The van der Waals surface area contributed by atoms with Crippen LogP contribution in [0, 0.1) is 6.57 Å². The van der Waals surface area contributed by atoms with Gasteiger partial charge in [0.15, 0.2) is 0 Å². The standard InChI is InChI=1S/C33H31N5O4/c1-3-40-31(39)19-21-9-4-5-12-29(21)42-20-28-26-17-22(23-10-8-11-25-24(23)14-15-36-33(25)34)18-27(35-2)32(26)38(37-28)30-13-6-7-16-41-30/h4-5,8-12,14-15,17-18,30H,3,6-7,13,16,19-20H2,1H3,(H2,34,36). The van der Waals surface area contributed by atoms with Crippen LogP contribution in [0.25, 0.3) is 37.6 Å². The zero-order valence-electron chi connectivity index (χ0n) is 23.4. The van der Waals surface area contributed by atoms with E-state index < -0.39 is 0 Å². The second-order valence-corrected chi connectivity index (χ2v) is 10.2. The molecule has 6 rings (SSSR count). The fraction of sp³-hybridized carbons (Fsp3) is 0.273. The lowest BCUT2D eigenvalue weighted by Crippen LogP contribution is -2.19. The lowest BCUT2D eigenvalue weighted by atomic mass is 9.97. The molecule has 1 saturated heterocycles. The SMILES string of the molecule is [C-]#[N+]c1cc(-c2cccc3c(N)nccc23)cc2c(COc3ccccc3CC(=O)OCC)nn(C3CCCCO3)c12. The molecule has 0 spiro atoms. The largest absolute Gasteiger partial charge is 0.487 e. The third-order valence-electron chi connectivity index (χ3n) is 7.53. The predicted octanol–water partition coefficient (Wildman–Crippen LogP) is 6.77. The van der Waals surface area contributed by atoms with Crippen molar-refractivity contribution in [3.8, 4) is 16.9 Å².